The van der Waals surface area contributed by atoms with Gasteiger partial charge in [-0.2, -0.15) is 10.2 Å². The van der Waals surface area contributed by atoms with E-state index in [1.165, 1.54) is 6.39 Å². The summed E-state index contributed by atoms with van der Waals surface area (Å²) < 4.78 is 10.6. The Morgan fingerprint density at radius 3 is 2.67 bits per heavy atom. The van der Waals surface area contributed by atoms with E-state index in [9.17, 15) is 0 Å². The third-order valence-electron chi connectivity index (χ3n) is 3.20. The zero-order valence-electron chi connectivity index (χ0n) is 10.1. The van der Waals surface area contributed by atoms with Crippen molar-refractivity contribution in [3.05, 3.63) is 29.3 Å². The first-order valence-corrected chi connectivity index (χ1v) is 5.71. The molecule has 2 aromatic heterocycles. The molecule has 1 N–H and O–H groups in total. The van der Waals surface area contributed by atoms with Crippen molar-refractivity contribution in [2.45, 2.75) is 32.2 Å². The quantitative estimate of drug-likeness (QED) is 0.890. The van der Waals surface area contributed by atoms with Gasteiger partial charge < -0.3 is 14.2 Å². The number of aromatic nitrogens is 2. The first-order valence-electron chi connectivity index (χ1n) is 5.71. The van der Waals surface area contributed by atoms with Crippen LogP contribution in [0.1, 0.15) is 35.7 Å². The SMILES string of the molecule is Cc1oc(NC2(c3ncoc3C)CC2)nc1C#N. The minimum Gasteiger partial charge on any atom is -0.448 e. The highest BCUT2D eigenvalue weighted by Crippen LogP contribution is 2.48. The molecule has 1 fully saturated rings. The molecule has 0 spiro atoms. The molecular weight excluding hydrogens is 232 g/mol. The van der Waals surface area contributed by atoms with Crippen LogP contribution in [0, 0.1) is 25.2 Å². The molecule has 0 amide bonds. The molecule has 6 heteroatoms. The van der Waals surface area contributed by atoms with Gasteiger partial charge in [0.1, 0.15) is 23.3 Å². The summed E-state index contributed by atoms with van der Waals surface area (Å²) in [6.07, 6.45) is 3.33. The zero-order chi connectivity index (χ0) is 12.8. The lowest BCUT2D eigenvalue weighted by Crippen LogP contribution is -2.20. The van der Waals surface area contributed by atoms with Crippen molar-refractivity contribution in [3.8, 4) is 6.07 Å². The Hall–Kier alpha value is -2.29. The molecule has 2 aromatic rings. The summed E-state index contributed by atoms with van der Waals surface area (Å²) in [5.74, 6) is 1.32. The van der Waals surface area contributed by atoms with E-state index in [2.05, 4.69) is 15.3 Å². The topological polar surface area (TPSA) is 87.9 Å². The molecule has 3 rings (SSSR count). The molecule has 0 unspecified atom stereocenters. The molecule has 0 bridgehead atoms. The van der Waals surface area contributed by atoms with Crippen LogP contribution in [-0.4, -0.2) is 9.97 Å². The van der Waals surface area contributed by atoms with Crippen molar-refractivity contribution in [2.24, 2.45) is 0 Å². The van der Waals surface area contributed by atoms with Crippen LogP contribution in [0.3, 0.4) is 0 Å². The highest BCUT2D eigenvalue weighted by atomic mass is 16.4. The van der Waals surface area contributed by atoms with Gasteiger partial charge in [-0.05, 0) is 26.7 Å². The van der Waals surface area contributed by atoms with E-state index in [-0.39, 0.29) is 5.54 Å². The molecule has 2 heterocycles. The van der Waals surface area contributed by atoms with Crippen LogP contribution in [-0.2, 0) is 5.54 Å². The molecule has 1 saturated carbocycles. The maximum absolute atomic E-state index is 8.85. The number of aryl methyl sites for hydroxylation is 2. The van der Waals surface area contributed by atoms with Gasteiger partial charge in [-0.15, -0.1) is 0 Å². The predicted molar refractivity (Wildman–Crippen MR) is 61.7 cm³/mol. The lowest BCUT2D eigenvalue weighted by Gasteiger charge is -2.13. The summed E-state index contributed by atoms with van der Waals surface area (Å²) >= 11 is 0. The Balaban J connectivity index is 1.89. The normalized spacial score (nSPS) is 16.3. The second kappa shape index (κ2) is 3.60. The van der Waals surface area contributed by atoms with Gasteiger partial charge in [-0.1, -0.05) is 0 Å². The van der Waals surface area contributed by atoms with Crippen molar-refractivity contribution in [2.75, 3.05) is 5.32 Å². The fraction of sp³-hybridized carbons (Fsp3) is 0.417. The van der Waals surface area contributed by atoms with Crippen molar-refractivity contribution in [1.29, 1.82) is 5.26 Å². The molecule has 18 heavy (non-hydrogen) atoms. The Kier molecular flexibility index (Phi) is 2.17. The molecule has 92 valence electrons. The van der Waals surface area contributed by atoms with Crippen molar-refractivity contribution < 1.29 is 8.83 Å². The Bertz CT molecular complexity index is 631. The third kappa shape index (κ3) is 1.56. The van der Waals surface area contributed by atoms with E-state index in [1.807, 2.05) is 13.0 Å². The Morgan fingerprint density at radius 1 is 1.39 bits per heavy atom. The van der Waals surface area contributed by atoms with Gasteiger partial charge in [0.05, 0.1) is 5.54 Å². The number of anilines is 1. The number of hydrogen-bond donors (Lipinski definition) is 1. The molecule has 6 nitrogen and oxygen atoms in total. The lowest BCUT2D eigenvalue weighted by atomic mass is 10.1. The molecule has 1 aliphatic rings. The molecule has 0 saturated heterocycles. The van der Waals surface area contributed by atoms with E-state index in [4.69, 9.17) is 14.1 Å². The predicted octanol–water partition coefficient (Wildman–Crippen LogP) is 2.25. The Labute approximate surface area is 104 Å². The number of oxazole rings is 2. The van der Waals surface area contributed by atoms with Crippen LogP contribution in [0.2, 0.25) is 0 Å². The summed E-state index contributed by atoms with van der Waals surface area (Å²) in [5, 5.41) is 12.1. The number of rotatable bonds is 3. The van der Waals surface area contributed by atoms with E-state index in [1.54, 1.807) is 6.92 Å². The zero-order valence-corrected chi connectivity index (χ0v) is 10.1. The largest absolute Gasteiger partial charge is 0.448 e. The highest BCUT2D eigenvalue weighted by molar-refractivity contribution is 5.41. The van der Waals surface area contributed by atoms with E-state index in [0.29, 0.717) is 17.5 Å². The highest BCUT2D eigenvalue weighted by Gasteiger charge is 2.49. The third-order valence-corrected chi connectivity index (χ3v) is 3.20. The van der Waals surface area contributed by atoms with Crippen molar-refractivity contribution in [1.82, 2.24) is 9.97 Å². The maximum Gasteiger partial charge on any atom is 0.296 e. The molecule has 0 atom stereocenters. The Morgan fingerprint density at radius 2 is 2.17 bits per heavy atom. The summed E-state index contributed by atoms with van der Waals surface area (Å²) in [7, 11) is 0. The number of nitriles is 1. The van der Waals surface area contributed by atoms with Gasteiger partial charge in [0.2, 0.25) is 0 Å². The monoisotopic (exact) mass is 244 g/mol. The summed E-state index contributed by atoms with van der Waals surface area (Å²) in [5.41, 5.74) is 0.947. The lowest BCUT2D eigenvalue weighted by molar-refractivity contribution is 0.514. The summed E-state index contributed by atoms with van der Waals surface area (Å²) in [6, 6.07) is 2.35. The first-order chi connectivity index (χ1) is 8.64. The van der Waals surface area contributed by atoms with Crippen molar-refractivity contribution >= 4 is 6.01 Å². The standard InChI is InChI=1S/C12H12N4O2/c1-7-9(5-13)15-11(18-7)16-12(3-4-12)10-8(2)17-6-14-10/h6H,3-4H2,1-2H3,(H,15,16). The van der Waals surface area contributed by atoms with Crippen molar-refractivity contribution in [3.63, 3.8) is 0 Å². The smallest absolute Gasteiger partial charge is 0.296 e. The molecule has 0 radical (unpaired) electrons. The van der Waals surface area contributed by atoms with Crippen LogP contribution in [0.15, 0.2) is 15.2 Å². The van der Waals surface area contributed by atoms with Crippen LogP contribution >= 0.6 is 0 Å². The second-order valence-electron chi connectivity index (χ2n) is 4.50. The van der Waals surface area contributed by atoms with Crippen LogP contribution in [0.25, 0.3) is 0 Å². The number of nitrogens with one attached hydrogen (secondary N) is 1. The minimum absolute atomic E-state index is 0.249. The summed E-state index contributed by atoms with van der Waals surface area (Å²) in [4.78, 5) is 8.33. The van der Waals surface area contributed by atoms with Gasteiger partial charge >= 0.3 is 0 Å². The second-order valence-corrected chi connectivity index (χ2v) is 4.50. The number of nitrogens with zero attached hydrogens (tertiary/aromatic N) is 3. The van der Waals surface area contributed by atoms with Crippen LogP contribution in [0.4, 0.5) is 6.01 Å². The number of hydrogen-bond acceptors (Lipinski definition) is 6. The molecule has 1 aliphatic carbocycles. The van der Waals surface area contributed by atoms with Crippen LogP contribution < -0.4 is 5.32 Å². The van der Waals surface area contributed by atoms with Gasteiger partial charge in [-0.3, -0.25) is 0 Å². The average Bonchev–Trinajstić information content (AvgIpc) is 2.82. The van der Waals surface area contributed by atoms with Gasteiger partial charge in [0, 0.05) is 0 Å². The van der Waals surface area contributed by atoms with Gasteiger partial charge in [0.15, 0.2) is 12.1 Å². The van der Waals surface area contributed by atoms with Gasteiger partial charge in [-0.25, -0.2) is 4.98 Å². The van der Waals surface area contributed by atoms with Gasteiger partial charge in [0.25, 0.3) is 6.01 Å². The average molecular weight is 244 g/mol. The maximum atomic E-state index is 8.85. The van der Waals surface area contributed by atoms with Crippen LogP contribution in [0.5, 0.6) is 0 Å². The fourth-order valence-corrected chi connectivity index (χ4v) is 2.07. The molecule has 0 aliphatic heterocycles. The van der Waals surface area contributed by atoms with E-state index in [0.717, 1.165) is 24.3 Å². The molecule has 0 aromatic carbocycles. The molecular formula is C12H12N4O2. The first kappa shape index (κ1) is 10.8. The van der Waals surface area contributed by atoms with E-state index >= 15 is 0 Å². The fourth-order valence-electron chi connectivity index (χ4n) is 2.07. The van der Waals surface area contributed by atoms with E-state index < -0.39 is 0 Å². The minimum atomic E-state index is -0.249. The summed E-state index contributed by atoms with van der Waals surface area (Å²) in [6.45, 7) is 3.60.